The van der Waals surface area contributed by atoms with Crippen LogP contribution in [-0.2, 0) is 13.1 Å². The average Bonchev–Trinajstić information content (AvgIpc) is 2.95. The summed E-state index contributed by atoms with van der Waals surface area (Å²) in [6.07, 6.45) is 0. The van der Waals surface area contributed by atoms with Gasteiger partial charge in [0.05, 0.1) is 6.54 Å². The SMILES string of the molecule is CN=C(NCc1noc(C)n1)N(C)Cc1ccc(OC(F)F)cc1.I. The lowest BCUT2D eigenvalue weighted by Gasteiger charge is -2.21. The standard InChI is InChI=1S/C15H19F2N5O2.HI/c1-10-20-13(21-24-10)8-19-15(18-2)22(3)9-11-4-6-12(7-5-11)23-14(16)17;/h4-7,14H,8-9H2,1-3H3,(H,18,19);1H. The summed E-state index contributed by atoms with van der Waals surface area (Å²) >= 11 is 0. The number of guanidine groups is 1. The molecule has 0 aliphatic carbocycles. The van der Waals surface area contributed by atoms with Crippen molar-refractivity contribution in [2.45, 2.75) is 26.6 Å². The fraction of sp³-hybridized carbons (Fsp3) is 0.400. The number of nitrogens with zero attached hydrogens (tertiary/aromatic N) is 4. The Morgan fingerprint density at radius 3 is 2.56 bits per heavy atom. The van der Waals surface area contributed by atoms with Crippen molar-refractivity contribution >= 4 is 29.9 Å². The molecule has 0 amide bonds. The summed E-state index contributed by atoms with van der Waals surface area (Å²) in [7, 11) is 3.53. The molecule has 1 aromatic carbocycles. The lowest BCUT2D eigenvalue weighted by atomic mass is 10.2. The van der Waals surface area contributed by atoms with Gasteiger partial charge in [-0.05, 0) is 17.7 Å². The number of rotatable bonds is 6. The van der Waals surface area contributed by atoms with Gasteiger partial charge in [0, 0.05) is 27.6 Å². The molecule has 2 aromatic rings. The Morgan fingerprint density at radius 1 is 1.36 bits per heavy atom. The van der Waals surface area contributed by atoms with Crippen LogP contribution in [-0.4, -0.2) is 41.7 Å². The number of aryl methyl sites for hydroxylation is 1. The lowest BCUT2D eigenvalue weighted by Crippen LogP contribution is -2.38. The van der Waals surface area contributed by atoms with Crippen LogP contribution < -0.4 is 10.1 Å². The molecular weight excluding hydrogens is 447 g/mol. The fourth-order valence-corrected chi connectivity index (χ4v) is 2.08. The zero-order chi connectivity index (χ0) is 17.5. The first-order chi connectivity index (χ1) is 11.5. The van der Waals surface area contributed by atoms with E-state index in [4.69, 9.17) is 4.52 Å². The van der Waals surface area contributed by atoms with E-state index in [9.17, 15) is 8.78 Å². The zero-order valence-electron chi connectivity index (χ0n) is 14.1. The van der Waals surface area contributed by atoms with Crippen molar-refractivity contribution in [1.29, 1.82) is 0 Å². The average molecular weight is 467 g/mol. The van der Waals surface area contributed by atoms with E-state index in [2.05, 4.69) is 25.2 Å². The molecule has 2 rings (SSSR count). The second-order valence-electron chi connectivity index (χ2n) is 5.01. The van der Waals surface area contributed by atoms with Gasteiger partial charge in [-0.15, -0.1) is 24.0 Å². The Morgan fingerprint density at radius 2 is 2.04 bits per heavy atom. The Kier molecular flexibility index (Phi) is 8.52. The van der Waals surface area contributed by atoms with Crippen LogP contribution in [0.25, 0.3) is 0 Å². The van der Waals surface area contributed by atoms with Gasteiger partial charge in [0.25, 0.3) is 0 Å². The molecule has 1 heterocycles. The first kappa shape index (κ1) is 21.1. The quantitative estimate of drug-likeness (QED) is 0.400. The summed E-state index contributed by atoms with van der Waals surface area (Å²) in [6, 6.07) is 6.47. The number of alkyl halides is 2. The predicted octanol–water partition coefficient (Wildman–Crippen LogP) is 2.80. The molecule has 1 aromatic heterocycles. The number of aliphatic imine (C=N–C) groups is 1. The number of nitrogens with one attached hydrogen (secondary N) is 1. The molecule has 138 valence electrons. The number of ether oxygens (including phenoxy) is 1. The molecule has 0 saturated carbocycles. The Bertz CT molecular complexity index is 679. The second kappa shape index (κ2) is 10.1. The maximum Gasteiger partial charge on any atom is 0.387 e. The zero-order valence-corrected chi connectivity index (χ0v) is 16.4. The molecular formula is C15H20F2IN5O2. The highest BCUT2D eigenvalue weighted by Crippen LogP contribution is 2.15. The maximum atomic E-state index is 12.1. The third-order valence-corrected chi connectivity index (χ3v) is 3.12. The molecule has 1 N–H and O–H groups in total. The van der Waals surface area contributed by atoms with Crippen molar-refractivity contribution in [1.82, 2.24) is 20.4 Å². The molecule has 0 saturated heterocycles. The van der Waals surface area contributed by atoms with Gasteiger partial charge in [0.15, 0.2) is 11.8 Å². The van der Waals surface area contributed by atoms with Crippen molar-refractivity contribution in [3.63, 3.8) is 0 Å². The second-order valence-corrected chi connectivity index (χ2v) is 5.01. The van der Waals surface area contributed by atoms with Crippen LogP contribution in [0.2, 0.25) is 0 Å². The van der Waals surface area contributed by atoms with Crippen LogP contribution in [0.1, 0.15) is 17.3 Å². The minimum atomic E-state index is -2.82. The summed E-state index contributed by atoms with van der Waals surface area (Å²) in [4.78, 5) is 10.2. The summed E-state index contributed by atoms with van der Waals surface area (Å²) in [6.45, 7) is -0.177. The number of halogens is 3. The number of hydrogen-bond acceptors (Lipinski definition) is 5. The Labute approximate surface area is 161 Å². The van der Waals surface area contributed by atoms with Gasteiger partial charge >= 0.3 is 6.61 Å². The van der Waals surface area contributed by atoms with Gasteiger partial charge in [-0.3, -0.25) is 4.99 Å². The van der Waals surface area contributed by atoms with E-state index in [1.807, 2.05) is 11.9 Å². The molecule has 0 aliphatic heterocycles. The maximum absolute atomic E-state index is 12.1. The summed E-state index contributed by atoms with van der Waals surface area (Å²) < 4.78 is 33.5. The van der Waals surface area contributed by atoms with Crippen LogP contribution in [0.5, 0.6) is 5.75 Å². The molecule has 0 aliphatic rings. The van der Waals surface area contributed by atoms with Gasteiger partial charge < -0.3 is 19.5 Å². The first-order valence-corrected chi connectivity index (χ1v) is 7.22. The molecule has 0 unspecified atom stereocenters. The Balaban J connectivity index is 0.00000312. The molecule has 25 heavy (non-hydrogen) atoms. The van der Waals surface area contributed by atoms with E-state index in [1.54, 1.807) is 26.1 Å². The van der Waals surface area contributed by atoms with Gasteiger partial charge in [0.1, 0.15) is 5.75 Å². The van der Waals surface area contributed by atoms with Crippen molar-refractivity contribution in [2.24, 2.45) is 4.99 Å². The smallest absolute Gasteiger partial charge is 0.387 e. The predicted molar refractivity (Wildman–Crippen MR) is 99.2 cm³/mol. The molecule has 0 bridgehead atoms. The van der Waals surface area contributed by atoms with E-state index in [0.717, 1.165) is 5.56 Å². The largest absolute Gasteiger partial charge is 0.435 e. The van der Waals surface area contributed by atoms with E-state index in [1.165, 1.54) is 12.1 Å². The summed E-state index contributed by atoms with van der Waals surface area (Å²) in [5.74, 6) is 1.81. The minimum Gasteiger partial charge on any atom is -0.435 e. The van der Waals surface area contributed by atoms with Crippen LogP contribution in [0.15, 0.2) is 33.8 Å². The molecule has 0 radical (unpaired) electrons. The molecule has 10 heteroatoms. The monoisotopic (exact) mass is 467 g/mol. The first-order valence-electron chi connectivity index (χ1n) is 7.22. The topological polar surface area (TPSA) is 75.8 Å². The van der Waals surface area contributed by atoms with Crippen molar-refractivity contribution in [3.8, 4) is 5.75 Å². The van der Waals surface area contributed by atoms with Crippen LogP contribution in [0.4, 0.5) is 8.78 Å². The van der Waals surface area contributed by atoms with Gasteiger partial charge in [-0.25, -0.2) is 0 Å². The van der Waals surface area contributed by atoms with Crippen LogP contribution in [0.3, 0.4) is 0 Å². The highest BCUT2D eigenvalue weighted by molar-refractivity contribution is 14.0. The normalized spacial score (nSPS) is 11.2. The number of benzene rings is 1. The summed E-state index contributed by atoms with van der Waals surface area (Å²) in [5, 5.41) is 6.92. The lowest BCUT2D eigenvalue weighted by molar-refractivity contribution is -0.0498. The van der Waals surface area contributed by atoms with Crippen LogP contribution >= 0.6 is 24.0 Å². The van der Waals surface area contributed by atoms with Crippen molar-refractivity contribution in [3.05, 3.63) is 41.5 Å². The number of hydrogen-bond donors (Lipinski definition) is 1. The van der Waals surface area contributed by atoms with Crippen molar-refractivity contribution in [2.75, 3.05) is 14.1 Å². The van der Waals surface area contributed by atoms with E-state index >= 15 is 0 Å². The Hall–Kier alpha value is -1.98. The third kappa shape index (κ3) is 6.80. The van der Waals surface area contributed by atoms with Crippen LogP contribution in [0, 0.1) is 6.92 Å². The fourth-order valence-electron chi connectivity index (χ4n) is 2.08. The molecule has 0 spiro atoms. The van der Waals surface area contributed by atoms with Crippen molar-refractivity contribution < 1.29 is 18.0 Å². The van der Waals surface area contributed by atoms with E-state index in [-0.39, 0.29) is 29.7 Å². The number of aromatic nitrogens is 2. The van der Waals surface area contributed by atoms with Gasteiger partial charge in [-0.2, -0.15) is 13.8 Å². The van der Waals surface area contributed by atoms with Gasteiger partial charge in [-0.1, -0.05) is 17.3 Å². The highest BCUT2D eigenvalue weighted by atomic mass is 127. The minimum absolute atomic E-state index is 0. The molecule has 7 nitrogen and oxygen atoms in total. The highest BCUT2D eigenvalue weighted by Gasteiger charge is 2.09. The molecule has 0 fully saturated rings. The van der Waals surface area contributed by atoms with E-state index in [0.29, 0.717) is 30.8 Å². The van der Waals surface area contributed by atoms with E-state index < -0.39 is 6.61 Å². The summed E-state index contributed by atoms with van der Waals surface area (Å²) in [5.41, 5.74) is 0.928. The molecule has 0 atom stereocenters. The third-order valence-electron chi connectivity index (χ3n) is 3.12. The van der Waals surface area contributed by atoms with Gasteiger partial charge in [0.2, 0.25) is 5.89 Å².